The second kappa shape index (κ2) is 8.22. The average Bonchev–Trinajstić information content (AvgIpc) is 2.47. The van der Waals surface area contributed by atoms with Crippen molar-refractivity contribution in [1.29, 1.82) is 0 Å². The molecule has 0 aromatic carbocycles. The molecule has 1 saturated heterocycles. The SMILES string of the molecule is CCCc1cc(CNC)cc(OCC2CCCCO2)n1. The third-order valence-corrected chi connectivity index (χ3v) is 3.49. The second-order valence-corrected chi connectivity index (χ2v) is 5.38. The Balaban J connectivity index is 1.97. The van der Waals surface area contributed by atoms with Crippen LogP contribution in [0.15, 0.2) is 12.1 Å². The zero-order valence-electron chi connectivity index (χ0n) is 12.7. The monoisotopic (exact) mass is 278 g/mol. The summed E-state index contributed by atoms with van der Waals surface area (Å²) in [5.41, 5.74) is 2.34. The van der Waals surface area contributed by atoms with Crippen LogP contribution in [0.2, 0.25) is 0 Å². The molecule has 0 amide bonds. The van der Waals surface area contributed by atoms with Crippen molar-refractivity contribution in [3.8, 4) is 5.88 Å². The van der Waals surface area contributed by atoms with Crippen molar-refractivity contribution < 1.29 is 9.47 Å². The highest BCUT2D eigenvalue weighted by Gasteiger charge is 2.15. The van der Waals surface area contributed by atoms with Crippen LogP contribution in [0.1, 0.15) is 43.9 Å². The Kier molecular flexibility index (Phi) is 6.27. The van der Waals surface area contributed by atoms with Crippen molar-refractivity contribution in [2.45, 2.75) is 51.7 Å². The van der Waals surface area contributed by atoms with Crippen molar-refractivity contribution in [3.63, 3.8) is 0 Å². The molecule has 2 rings (SSSR count). The number of pyridine rings is 1. The van der Waals surface area contributed by atoms with E-state index in [9.17, 15) is 0 Å². The third kappa shape index (κ3) is 4.76. The van der Waals surface area contributed by atoms with Crippen LogP contribution in [0.3, 0.4) is 0 Å². The van der Waals surface area contributed by atoms with Gasteiger partial charge in [-0.25, -0.2) is 4.98 Å². The summed E-state index contributed by atoms with van der Waals surface area (Å²) in [5, 5.41) is 3.18. The first-order valence-corrected chi connectivity index (χ1v) is 7.70. The highest BCUT2D eigenvalue weighted by molar-refractivity contribution is 5.25. The van der Waals surface area contributed by atoms with Gasteiger partial charge in [-0.2, -0.15) is 0 Å². The van der Waals surface area contributed by atoms with Crippen LogP contribution in [-0.2, 0) is 17.7 Å². The lowest BCUT2D eigenvalue weighted by molar-refractivity contribution is -0.0120. The van der Waals surface area contributed by atoms with Gasteiger partial charge in [0.15, 0.2) is 0 Å². The fourth-order valence-corrected chi connectivity index (χ4v) is 2.50. The van der Waals surface area contributed by atoms with Gasteiger partial charge in [-0.1, -0.05) is 13.3 Å². The average molecular weight is 278 g/mol. The fourth-order valence-electron chi connectivity index (χ4n) is 2.50. The Labute approximate surface area is 121 Å². The molecule has 1 aliphatic rings. The van der Waals surface area contributed by atoms with Gasteiger partial charge in [-0.15, -0.1) is 0 Å². The third-order valence-electron chi connectivity index (χ3n) is 3.49. The molecule has 1 aromatic heterocycles. The first kappa shape index (κ1) is 15.3. The van der Waals surface area contributed by atoms with E-state index >= 15 is 0 Å². The van der Waals surface area contributed by atoms with E-state index in [2.05, 4.69) is 23.3 Å². The molecule has 1 N–H and O–H groups in total. The number of ether oxygens (including phenoxy) is 2. The molecule has 4 nitrogen and oxygen atoms in total. The highest BCUT2D eigenvalue weighted by atomic mass is 16.5. The summed E-state index contributed by atoms with van der Waals surface area (Å²) < 4.78 is 11.5. The van der Waals surface area contributed by atoms with E-state index in [1.165, 1.54) is 18.4 Å². The highest BCUT2D eigenvalue weighted by Crippen LogP contribution is 2.17. The molecule has 4 heteroatoms. The molecule has 0 bridgehead atoms. The van der Waals surface area contributed by atoms with E-state index in [1.807, 2.05) is 13.1 Å². The maximum atomic E-state index is 5.86. The van der Waals surface area contributed by atoms with E-state index in [0.29, 0.717) is 6.61 Å². The smallest absolute Gasteiger partial charge is 0.213 e. The molecule has 0 saturated carbocycles. The molecule has 1 fully saturated rings. The number of hydrogen-bond donors (Lipinski definition) is 1. The summed E-state index contributed by atoms with van der Waals surface area (Å²) in [6, 6.07) is 4.18. The quantitative estimate of drug-likeness (QED) is 0.833. The number of rotatable bonds is 7. The van der Waals surface area contributed by atoms with Crippen LogP contribution >= 0.6 is 0 Å². The zero-order valence-corrected chi connectivity index (χ0v) is 12.7. The normalized spacial score (nSPS) is 19.0. The van der Waals surface area contributed by atoms with Gasteiger partial charge >= 0.3 is 0 Å². The second-order valence-electron chi connectivity index (χ2n) is 5.38. The number of hydrogen-bond acceptors (Lipinski definition) is 4. The Morgan fingerprint density at radius 3 is 3.00 bits per heavy atom. The number of aromatic nitrogens is 1. The van der Waals surface area contributed by atoms with Gasteiger partial charge in [-0.05, 0) is 44.4 Å². The summed E-state index contributed by atoms with van der Waals surface area (Å²) in [5.74, 6) is 0.732. The minimum atomic E-state index is 0.230. The van der Waals surface area contributed by atoms with E-state index < -0.39 is 0 Å². The van der Waals surface area contributed by atoms with Crippen molar-refractivity contribution in [2.75, 3.05) is 20.3 Å². The first-order valence-electron chi connectivity index (χ1n) is 7.70. The van der Waals surface area contributed by atoms with E-state index in [4.69, 9.17) is 9.47 Å². The van der Waals surface area contributed by atoms with Crippen LogP contribution in [0.25, 0.3) is 0 Å². The summed E-state index contributed by atoms with van der Waals surface area (Å²) >= 11 is 0. The molecule has 112 valence electrons. The molecule has 1 aliphatic heterocycles. The molecule has 1 unspecified atom stereocenters. The Morgan fingerprint density at radius 2 is 2.30 bits per heavy atom. The van der Waals surface area contributed by atoms with Gasteiger partial charge in [-0.3, -0.25) is 0 Å². The molecule has 0 aliphatic carbocycles. The van der Waals surface area contributed by atoms with E-state index in [-0.39, 0.29) is 6.10 Å². The predicted molar refractivity (Wildman–Crippen MR) is 80.1 cm³/mol. The van der Waals surface area contributed by atoms with Crippen LogP contribution in [-0.4, -0.2) is 31.3 Å². The first-order chi connectivity index (χ1) is 9.81. The number of nitrogens with one attached hydrogen (secondary N) is 1. The maximum Gasteiger partial charge on any atom is 0.213 e. The largest absolute Gasteiger partial charge is 0.475 e. The van der Waals surface area contributed by atoms with Crippen molar-refractivity contribution in [3.05, 3.63) is 23.4 Å². The van der Waals surface area contributed by atoms with E-state index in [1.54, 1.807) is 0 Å². The Bertz CT molecular complexity index is 379. The van der Waals surface area contributed by atoms with Crippen LogP contribution in [0.4, 0.5) is 0 Å². The molecular formula is C16H26N2O2. The Hall–Kier alpha value is -1.13. The lowest BCUT2D eigenvalue weighted by Gasteiger charge is -2.22. The number of aryl methyl sites for hydroxylation is 1. The summed E-state index contributed by atoms with van der Waals surface area (Å²) in [6.07, 6.45) is 5.83. The molecule has 2 heterocycles. The Morgan fingerprint density at radius 1 is 1.40 bits per heavy atom. The lowest BCUT2D eigenvalue weighted by Crippen LogP contribution is -2.26. The molecule has 0 radical (unpaired) electrons. The van der Waals surface area contributed by atoms with Gasteiger partial charge in [0, 0.05) is 24.9 Å². The van der Waals surface area contributed by atoms with Gasteiger partial charge in [0.1, 0.15) is 6.61 Å². The minimum Gasteiger partial charge on any atom is -0.475 e. The summed E-state index contributed by atoms with van der Waals surface area (Å²) in [7, 11) is 1.95. The van der Waals surface area contributed by atoms with Crippen LogP contribution < -0.4 is 10.1 Å². The maximum absolute atomic E-state index is 5.86. The van der Waals surface area contributed by atoms with Gasteiger partial charge in [0.2, 0.25) is 5.88 Å². The molecule has 1 aromatic rings. The van der Waals surface area contributed by atoms with Crippen LogP contribution in [0, 0.1) is 0 Å². The van der Waals surface area contributed by atoms with Crippen molar-refractivity contribution >= 4 is 0 Å². The van der Waals surface area contributed by atoms with Gasteiger partial charge in [0.25, 0.3) is 0 Å². The molecule has 20 heavy (non-hydrogen) atoms. The van der Waals surface area contributed by atoms with Gasteiger partial charge in [0.05, 0.1) is 6.10 Å². The minimum absolute atomic E-state index is 0.230. The van der Waals surface area contributed by atoms with Crippen molar-refractivity contribution in [1.82, 2.24) is 10.3 Å². The van der Waals surface area contributed by atoms with Crippen molar-refractivity contribution in [2.24, 2.45) is 0 Å². The molecular weight excluding hydrogens is 252 g/mol. The topological polar surface area (TPSA) is 43.4 Å². The van der Waals surface area contributed by atoms with Crippen LogP contribution in [0.5, 0.6) is 5.88 Å². The fraction of sp³-hybridized carbons (Fsp3) is 0.688. The summed E-state index contributed by atoms with van der Waals surface area (Å²) in [6.45, 7) is 4.49. The number of nitrogens with zero attached hydrogens (tertiary/aromatic N) is 1. The summed E-state index contributed by atoms with van der Waals surface area (Å²) in [4.78, 5) is 4.58. The lowest BCUT2D eigenvalue weighted by atomic mass is 10.1. The zero-order chi connectivity index (χ0) is 14.2. The molecule has 1 atom stereocenters. The predicted octanol–water partition coefficient (Wildman–Crippen LogP) is 2.70. The molecule has 0 spiro atoms. The standard InChI is InChI=1S/C16H26N2O2/c1-3-6-14-9-13(11-17-2)10-16(18-14)20-12-15-7-4-5-8-19-15/h9-10,15,17H,3-8,11-12H2,1-2H3. The van der Waals surface area contributed by atoms with Gasteiger partial charge < -0.3 is 14.8 Å². The van der Waals surface area contributed by atoms with E-state index in [0.717, 1.165) is 44.0 Å².